The van der Waals surface area contributed by atoms with Crippen molar-refractivity contribution in [1.29, 1.82) is 0 Å². The largest absolute Gasteiger partial charge is 0.376 e. The molecule has 102 valence electrons. The van der Waals surface area contributed by atoms with Gasteiger partial charge in [0.05, 0.1) is 25.3 Å². The fourth-order valence-electron chi connectivity index (χ4n) is 2.35. The first-order valence-corrected chi connectivity index (χ1v) is 6.86. The topological polar surface area (TPSA) is 64.9 Å². The van der Waals surface area contributed by atoms with E-state index in [1.807, 2.05) is 18.7 Å². The molecule has 2 rings (SSSR count). The number of nitrogens with zero attached hydrogens (tertiary/aromatic N) is 4. The van der Waals surface area contributed by atoms with Crippen LogP contribution in [0.15, 0.2) is 0 Å². The fourth-order valence-corrected chi connectivity index (χ4v) is 2.35. The summed E-state index contributed by atoms with van der Waals surface area (Å²) in [5.74, 6) is 0.866. The molecular weight excluding hydrogens is 230 g/mol. The highest BCUT2D eigenvalue weighted by atomic mass is 16.5. The van der Waals surface area contributed by atoms with Crippen LogP contribution in [-0.4, -0.2) is 40.0 Å². The van der Waals surface area contributed by atoms with Crippen molar-refractivity contribution in [2.75, 3.05) is 13.7 Å². The van der Waals surface area contributed by atoms with Crippen LogP contribution in [-0.2, 0) is 11.3 Å². The van der Waals surface area contributed by atoms with Crippen molar-refractivity contribution in [1.82, 2.24) is 25.5 Å². The second-order valence-corrected chi connectivity index (χ2v) is 4.90. The molecule has 0 amide bonds. The van der Waals surface area contributed by atoms with E-state index in [0.717, 1.165) is 12.4 Å². The molecule has 1 aromatic heterocycles. The monoisotopic (exact) mass is 253 g/mol. The van der Waals surface area contributed by atoms with Crippen LogP contribution in [0.2, 0.25) is 0 Å². The van der Waals surface area contributed by atoms with E-state index in [0.29, 0.717) is 12.7 Å². The molecule has 1 heterocycles. The van der Waals surface area contributed by atoms with E-state index < -0.39 is 0 Å². The summed E-state index contributed by atoms with van der Waals surface area (Å²) in [5, 5.41) is 14.9. The summed E-state index contributed by atoms with van der Waals surface area (Å²) in [6, 6.07) is 0.162. The van der Waals surface area contributed by atoms with Crippen LogP contribution in [0.5, 0.6) is 0 Å². The Labute approximate surface area is 108 Å². The van der Waals surface area contributed by atoms with Crippen molar-refractivity contribution in [3.63, 3.8) is 0 Å². The lowest BCUT2D eigenvalue weighted by Crippen LogP contribution is -2.22. The highest BCUT2D eigenvalue weighted by molar-refractivity contribution is 4.88. The number of hydrogen-bond acceptors (Lipinski definition) is 5. The van der Waals surface area contributed by atoms with Crippen LogP contribution in [0.3, 0.4) is 0 Å². The molecule has 1 N–H and O–H groups in total. The number of tetrazole rings is 1. The molecule has 0 aromatic carbocycles. The summed E-state index contributed by atoms with van der Waals surface area (Å²) in [7, 11) is 1.90. The van der Waals surface area contributed by atoms with E-state index >= 15 is 0 Å². The number of hydrogen-bond donors (Lipinski definition) is 1. The summed E-state index contributed by atoms with van der Waals surface area (Å²) in [6.45, 7) is 3.47. The normalized spacial score (nSPS) is 19.0. The molecule has 0 saturated heterocycles. The van der Waals surface area contributed by atoms with Gasteiger partial charge in [0, 0.05) is 0 Å². The number of rotatable bonds is 6. The molecule has 1 fully saturated rings. The van der Waals surface area contributed by atoms with Crippen molar-refractivity contribution in [3.8, 4) is 0 Å². The van der Waals surface area contributed by atoms with E-state index in [9.17, 15) is 0 Å². The minimum atomic E-state index is 0.162. The van der Waals surface area contributed by atoms with Crippen molar-refractivity contribution < 1.29 is 4.74 Å². The van der Waals surface area contributed by atoms with Gasteiger partial charge in [0.2, 0.25) is 0 Å². The average molecular weight is 253 g/mol. The molecule has 1 aliphatic rings. The summed E-state index contributed by atoms with van der Waals surface area (Å²) >= 11 is 0. The summed E-state index contributed by atoms with van der Waals surface area (Å²) < 4.78 is 7.71. The van der Waals surface area contributed by atoms with Crippen molar-refractivity contribution in [2.45, 2.75) is 57.7 Å². The van der Waals surface area contributed by atoms with E-state index in [2.05, 4.69) is 20.8 Å². The second kappa shape index (κ2) is 6.80. The molecule has 1 saturated carbocycles. The van der Waals surface area contributed by atoms with Gasteiger partial charge in [-0.1, -0.05) is 19.3 Å². The van der Waals surface area contributed by atoms with Crippen LogP contribution >= 0.6 is 0 Å². The van der Waals surface area contributed by atoms with Crippen LogP contribution in [0.4, 0.5) is 0 Å². The Morgan fingerprint density at radius 1 is 1.39 bits per heavy atom. The summed E-state index contributed by atoms with van der Waals surface area (Å²) in [4.78, 5) is 0. The maximum Gasteiger partial charge on any atom is 0.168 e. The molecule has 0 spiro atoms. The zero-order chi connectivity index (χ0) is 12.8. The predicted molar refractivity (Wildman–Crippen MR) is 68.1 cm³/mol. The molecule has 1 aromatic rings. The Bertz CT molecular complexity index is 348. The summed E-state index contributed by atoms with van der Waals surface area (Å²) in [5.41, 5.74) is 0. The smallest absolute Gasteiger partial charge is 0.168 e. The van der Waals surface area contributed by atoms with E-state index in [-0.39, 0.29) is 6.04 Å². The zero-order valence-corrected chi connectivity index (χ0v) is 11.3. The molecule has 0 aliphatic heterocycles. The van der Waals surface area contributed by atoms with Gasteiger partial charge in [-0.15, -0.1) is 5.10 Å². The maximum absolute atomic E-state index is 5.89. The number of aromatic nitrogens is 4. The van der Waals surface area contributed by atoms with Crippen LogP contribution in [0.25, 0.3) is 0 Å². The van der Waals surface area contributed by atoms with Gasteiger partial charge in [0.15, 0.2) is 5.82 Å². The van der Waals surface area contributed by atoms with Gasteiger partial charge in [-0.05, 0) is 37.2 Å². The van der Waals surface area contributed by atoms with E-state index in [4.69, 9.17) is 4.74 Å². The van der Waals surface area contributed by atoms with Gasteiger partial charge in [-0.3, -0.25) is 0 Å². The van der Waals surface area contributed by atoms with Crippen molar-refractivity contribution >= 4 is 0 Å². The molecule has 1 unspecified atom stereocenters. The Balaban J connectivity index is 1.77. The number of ether oxygens (including phenoxy) is 1. The molecule has 0 bridgehead atoms. The molecule has 18 heavy (non-hydrogen) atoms. The number of nitrogens with one attached hydrogen (secondary N) is 1. The quantitative estimate of drug-likeness (QED) is 0.828. The SMILES string of the molecule is CNC(C)c1nnnn1CCOC1CCCCC1. The highest BCUT2D eigenvalue weighted by Crippen LogP contribution is 2.20. The summed E-state index contributed by atoms with van der Waals surface area (Å²) in [6.07, 6.45) is 6.82. The molecule has 6 nitrogen and oxygen atoms in total. The Kier molecular flexibility index (Phi) is 5.07. The zero-order valence-electron chi connectivity index (χ0n) is 11.3. The Morgan fingerprint density at radius 3 is 2.89 bits per heavy atom. The molecule has 6 heteroatoms. The first-order valence-electron chi connectivity index (χ1n) is 6.86. The molecular formula is C12H23N5O. The van der Waals surface area contributed by atoms with Gasteiger partial charge < -0.3 is 10.1 Å². The third kappa shape index (κ3) is 3.49. The van der Waals surface area contributed by atoms with Gasteiger partial charge >= 0.3 is 0 Å². The Hall–Kier alpha value is -1.01. The van der Waals surface area contributed by atoms with Crippen LogP contribution in [0, 0.1) is 0 Å². The van der Waals surface area contributed by atoms with E-state index in [1.54, 1.807) is 0 Å². The van der Waals surface area contributed by atoms with Gasteiger partial charge in [-0.2, -0.15) is 0 Å². The maximum atomic E-state index is 5.89. The van der Waals surface area contributed by atoms with Crippen LogP contribution < -0.4 is 5.32 Å². The lowest BCUT2D eigenvalue weighted by Gasteiger charge is -2.22. The van der Waals surface area contributed by atoms with Gasteiger partial charge in [-0.25, -0.2) is 4.68 Å². The molecule has 1 atom stereocenters. The van der Waals surface area contributed by atoms with Crippen molar-refractivity contribution in [2.24, 2.45) is 0 Å². The van der Waals surface area contributed by atoms with Gasteiger partial charge in [0.1, 0.15) is 0 Å². The average Bonchev–Trinajstić information content (AvgIpc) is 2.87. The van der Waals surface area contributed by atoms with Crippen LogP contribution in [0.1, 0.15) is 50.9 Å². The lowest BCUT2D eigenvalue weighted by atomic mass is 9.98. The molecule has 0 radical (unpaired) electrons. The first-order chi connectivity index (χ1) is 8.81. The minimum Gasteiger partial charge on any atom is -0.376 e. The predicted octanol–water partition coefficient (Wildman–Crippen LogP) is 1.30. The first kappa shape index (κ1) is 13.4. The Morgan fingerprint density at radius 2 is 2.17 bits per heavy atom. The minimum absolute atomic E-state index is 0.162. The van der Waals surface area contributed by atoms with Gasteiger partial charge in [0.25, 0.3) is 0 Å². The second-order valence-electron chi connectivity index (χ2n) is 4.90. The fraction of sp³-hybridized carbons (Fsp3) is 0.917. The highest BCUT2D eigenvalue weighted by Gasteiger charge is 2.15. The van der Waals surface area contributed by atoms with E-state index in [1.165, 1.54) is 32.1 Å². The molecule has 1 aliphatic carbocycles. The third-order valence-electron chi connectivity index (χ3n) is 3.59. The standard InChI is InChI=1S/C12H23N5O/c1-10(13-2)12-14-15-16-17(12)8-9-18-11-6-4-3-5-7-11/h10-11,13H,3-9H2,1-2H3. The lowest BCUT2D eigenvalue weighted by molar-refractivity contribution is 0.0222. The third-order valence-corrected chi connectivity index (χ3v) is 3.59. The van der Waals surface area contributed by atoms with Crippen molar-refractivity contribution in [3.05, 3.63) is 5.82 Å².